The van der Waals surface area contributed by atoms with E-state index in [-0.39, 0.29) is 41.9 Å². The largest absolute Gasteiger partial charge is 0.462 e. The van der Waals surface area contributed by atoms with Gasteiger partial charge in [0.05, 0.1) is 0 Å². The van der Waals surface area contributed by atoms with Crippen molar-refractivity contribution in [3.05, 3.63) is 0 Å². The van der Waals surface area contributed by atoms with Gasteiger partial charge in [-0.25, -0.2) is 0 Å². The van der Waals surface area contributed by atoms with Crippen LogP contribution < -0.4 is 0 Å². The summed E-state index contributed by atoms with van der Waals surface area (Å²) in [7, 11) is 3.95. The number of aldehydes is 1. The summed E-state index contributed by atoms with van der Waals surface area (Å²) in [6.07, 6.45) is 15.2. The fraction of sp³-hybridized carbons (Fsp3) is 0.853. The Balaban J connectivity index is 4.85. The van der Waals surface area contributed by atoms with E-state index in [1.807, 2.05) is 19.0 Å². The first-order valence-electron chi connectivity index (χ1n) is 17.0. The predicted octanol–water partition coefficient (Wildman–Crippen LogP) is 7.22. The molecule has 44 heavy (non-hydrogen) atoms. The lowest BCUT2D eigenvalue weighted by molar-refractivity contribution is -0.167. The van der Waals surface area contributed by atoms with Gasteiger partial charge in [-0.2, -0.15) is 0 Å². The van der Waals surface area contributed by atoms with Crippen LogP contribution in [0.3, 0.4) is 0 Å². The standard InChI is InChI=1S/C34H61NO8S/c1-5-7-9-11-13-21-31(37)41-27-29(28-42-32(38)22-14-12-10-8-6-2)43-33(39)23-17-20-30(19-15-16-26-36)44-34(40)24-18-25-35(3)4/h26,29-30H,5-25,27-28H2,1-4H3. The molecule has 0 aromatic heterocycles. The van der Waals surface area contributed by atoms with E-state index in [2.05, 4.69) is 13.8 Å². The van der Waals surface area contributed by atoms with Gasteiger partial charge in [0, 0.05) is 37.4 Å². The molecule has 0 amide bonds. The second kappa shape index (κ2) is 29.8. The molecule has 0 N–H and O–H groups in total. The van der Waals surface area contributed by atoms with Gasteiger partial charge in [-0.1, -0.05) is 77.0 Å². The Kier molecular flexibility index (Phi) is 28.4. The molecule has 1 unspecified atom stereocenters. The van der Waals surface area contributed by atoms with Gasteiger partial charge in [-0.05, 0) is 65.6 Å². The zero-order chi connectivity index (χ0) is 32.8. The van der Waals surface area contributed by atoms with Crippen molar-refractivity contribution in [1.82, 2.24) is 4.90 Å². The van der Waals surface area contributed by atoms with Crippen LogP contribution in [0.1, 0.15) is 142 Å². The lowest BCUT2D eigenvalue weighted by Gasteiger charge is -2.19. The SMILES string of the molecule is CCCCCCCC(=O)OCC(COC(=O)CCCCCCC)OC(=O)CCCC(CCCC=O)SC(=O)CCCN(C)C. The van der Waals surface area contributed by atoms with Gasteiger partial charge < -0.3 is 23.9 Å². The third kappa shape index (κ3) is 27.6. The summed E-state index contributed by atoms with van der Waals surface area (Å²) in [5.74, 6) is -1.17. The molecule has 0 fully saturated rings. The summed E-state index contributed by atoms with van der Waals surface area (Å²) in [4.78, 5) is 62.5. The zero-order valence-corrected chi connectivity index (χ0v) is 28.9. The molecule has 0 saturated carbocycles. The summed E-state index contributed by atoms with van der Waals surface area (Å²) >= 11 is 1.32. The van der Waals surface area contributed by atoms with Crippen molar-refractivity contribution in [2.75, 3.05) is 33.9 Å². The molecular formula is C34H61NO8S. The van der Waals surface area contributed by atoms with E-state index < -0.39 is 12.1 Å². The number of hydrogen-bond donors (Lipinski definition) is 0. The van der Waals surface area contributed by atoms with Crippen molar-refractivity contribution in [3.63, 3.8) is 0 Å². The van der Waals surface area contributed by atoms with Crippen LogP contribution in [0.4, 0.5) is 0 Å². The molecule has 1 atom stereocenters. The molecule has 0 heterocycles. The molecule has 0 saturated heterocycles. The van der Waals surface area contributed by atoms with Crippen LogP contribution in [0, 0.1) is 0 Å². The number of ether oxygens (including phenoxy) is 3. The molecule has 0 rings (SSSR count). The summed E-state index contributed by atoms with van der Waals surface area (Å²) in [5.41, 5.74) is 0. The molecule has 0 aliphatic heterocycles. The maximum Gasteiger partial charge on any atom is 0.306 e. The molecule has 256 valence electrons. The number of nitrogens with zero attached hydrogens (tertiary/aromatic N) is 1. The third-order valence-electron chi connectivity index (χ3n) is 7.17. The van der Waals surface area contributed by atoms with Crippen LogP contribution in [0.5, 0.6) is 0 Å². The summed E-state index contributed by atoms with van der Waals surface area (Å²) in [6.45, 7) is 4.80. The lowest BCUT2D eigenvalue weighted by Crippen LogP contribution is -2.31. The number of carbonyl (C=O) groups excluding carboxylic acids is 5. The molecule has 0 bridgehead atoms. The maximum absolute atomic E-state index is 12.7. The molecule has 0 aromatic rings. The van der Waals surface area contributed by atoms with Crippen LogP contribution in [0.15, 0.2) is 0 Å². The fourth-order valence-corrected chi connectivity index (χ4v) is 5.78. The Labute approximate surface area is 271 Å². The average molecular weight is 644 g/mol. The van der Waals surface area contributed by atoms with E-state index in [1.165, 1.54) is 11.8 Å². The number of thioether (sulfide) groups is 1. The number of carbonyl (C=O) groups is 5. The molecule has 9 nitrogen and oxygen atoms in total. The van der Waals surface area contributed by atoms with E-state index in [4.69, 9.17) is 14.2 Å². The van der Waals surface area contributed by atoms with Crippen molar-refractivity contribution in [2.45, 2.75) is 154 Å². The Morgan fingerprint density at radius 3 is 1.70 bits per heavy atom. The normalized spacial score (nSPS) is 11.9. The van der Waals surface area contributed by atoms with Gasteiger partial charge in [0.2, 0.25) is 0 Å². The third-order valence-corrected chi connectivity index (χ3v) is 8.44. The predicted molar refractivity (Wildman–Crippen MR) is 176 cm³/mol. The van der Waals surface area contributed by atoms with Gasteiger partial charge in [-0.15, -0.1) is 0 Å². The van der Waals surface area contributed by atoms with Gasteiger partial charge >= 0.3 is 17.9 Å². The monoisotopic (exact) mass is 643 g/mol. The number of esters is 3. The highest BCUT2D eigenvalue weighted by Gasteiger charge is 2.21. The smallest absolute Gasteiger partial charge is 0.306 e. The highest BCUT2D eigenvalue weighted by molar-refractivity contribution is 8.14. The van der Waals surface area contributed by atoms with Gasteiger partial charge in [0.1, 0.15) is 19.5 Å². The molecule has 0 spiro atoms. The van der Waals surface area contributed by atoms with Crippen molar-refractivity contribution in [3.8, 4) is 0 Å². The number of rotatable bonds is 30. The number of unbranched alkanes of at least 4 members (excludes halogenated alkanes) is 9. The lowest BCUT2D eigenvalue weighted by atomic mass is 10.1. The molecule has 10 heteroatoms. The first kappa shape index (κ1) is 42.1. The Morgan fingerprint density at radius 1 is 0.659 bits per heavy atom. The zero-order valence-electron chi connectivity index (χ0n) is 28.1. The minimum atomic E-state index is -0.869. The van der Waals surface area contributed by atoms with E-state index in [1.54, 1.807) is 0 Å². The van der Waals surface area contributed by atoms with Gasteiger partial charge in [-0.3, -0.25) is 19.2 Å². The summed E-state index contributed by atoms with van der Waals surface area (Å²) in [6, 6.07) is 0. The van der Waals surface area contributed by atoms with Crippen LogP contribution in [0.25, 0.3) is 0 Å². The Morgan fingerprint density at radius 2 is 1.18 bits per heavy atom. The molecule has 0 aliphatic rings. The van der Waals surface area contributed by atoms with Crippen LogP contribution >= 0.6 is 11.8 Å². The highest BCUT2D eigenvalue weighted by Crippen LogP contribution is 2.25. The van der Waals surface area contributed by atoms with Crippen molar-refractivity contribution in [1.29, 1.82) is 0 Å². The van der Waals surface area contributed by atoms with Crippen molar-refractivity contribution < 1.29 is 38.2 Å². The average Bonchev–Trinajstić information content (AvgIpc) is 2.98. The molecule has 0 radical (unpaired) electrons. The van der Waals surface area contributed by atoms with E-state index >= 15 is 0 Å². The molecule has 0 aliphatic carbocycles. The Hall–Kier alpha value is -1.94. The maximum atomic E-state index is 12.7. The van der Waals surface area contributed by atoms with Crippen LogP contribution in [-0.2, 0) is 38.2 Å². The second-order valence-electron chi connectivity index (χ2n) is 11.8. The minimum Gasteiger partial charge on any atom is -0.462 e. The summed E-state index contributed by atoms with van der Waals surface area (Å²) in [5, 5.41) is 0.159. The fourth-order valence-electron chi connectivity index (χ4n) is 4.57. The first-order valence-corrected chi connectivity index (χ1v) is 17.9. The van der Waals surface area contributed by atoms with Crippen molar-refractivity contribution >= 4 is 41.1 Å². The van der Waals surface area contributed by atoms with E-state index in [9.17, 15) is 24.0 Å². The first-order chi connectivity index (χ1) is 21.2. The topological polar surface area (TPSA) is 116 Å². The number of hydrogen-bond acceptors (Lipinski definition) is 10. The molecular weight excluding hydrogens is 582 g/mol. The second-order valence-corrected chi connectivity index (χ2v) is 13.2. The van der Waals surface area contributed by atoms with E-state index in [0.29, 0.717) is 44.9 Å². The minimum absolute atomic E-state index is 0.0296. The molecule has 0 aromatic carbocycles. The van der Waals surface area contributed by atoms with Gasteiger partial charge in [0.15, 0.2) is 11.2 Å². The Bertz CT molecular complexity index is 746. The summed E-state index contributed by atoms with van der Waals surface area (Å²) < 4.78 is 16.3. The quantitative estimate of drug-likeness (QED) is 0.0344. The van der Waals surface area contributed by atoms with Crippen molar-refractivity contribution in [2.24, 2.45) is 0 Å². The van der Waals surface area contributed by atoms with Crippen LogP contribution in [0.2, 0.25) is 0 Å². The van der Waals surface area contributed by atoms with E-state index in [0.717, 1.165) is 89.9 Å². The van der Waals surface area contributed by atoms with Crippen LogP contribution in [-0.4, -0.2) is 79.4 Å². The van der Waals surface area contributed by atoms with Gasteiger partial charge in [0.25, 0.3) is 0 Å². The highest BCUT2D eigenvalue weighted by atomic mass is 32.2.